The molecule has 98 valence electrons. The zero-order chi connectivity index (χ0) is 13.1. The first-order valence-corrected chi connectivity index (χ1v) is 6.25. The van der Waals surface area contributed by atoms with Crippen LogP contribution in [0, 0.1) is 5.92 Å². The van der Waals surface area contributed by atoms with Gasteiger partial charge in [0.15, 0.2) is 0 Å². The molecular formula is C12H22N2O3. The predicted molar refractivity (Wildman–Crippen MR) is 64.7 cm³/mol. The number of amides is 1. The van der Waals surface area contributed by atoms with Gasteiger partial charge < -0.3 is 15.7 Å². The number of carboxylic acid groups (broad SMARTS) is 1. The van der Waals surface area contributed by atoms with Crippen molar-refractivity contribution < 1.29 is 14.7 Å². The zero-order valence-electron chi connectivity index (χ0n) is 10.7. The molecule has 2 atom stereocenters. The summed E-state index contributed by atoms with van der Waals surface area (Å²) in [7, 11) is 0. The molecule has 0 aliphatic carbocycles. The molecule has 1 aliphatic heterocycles. The first-order chi connectivity index (χ1) is 7.96. The number of carbonyl (C=O) groups excluding carboxylic acids is 1. The van der Waals surface area contributed by atoms with E-state index in [2.05, 4.69) is 10.6 Å². The normalized spacial score (nSPS) is 24.6. The minimum atomic E-state index is -1.12. The lowest BCUT2D eigenvalue weighted by atomic mass is 9.91. The van der Waals surface area contributed by atoms with E-state index >= 15 is 0 Å². The van der Waals surface area contributed by atoms with Crippen LogP contribution in [0.25, 0.3) is 0 Å². The summed E-state index contributed by atoms with van der Waals surface area (Å²) >= 11 is 0. The number of carbonyl (C=O) groups is 2. The maximum absolute atomic E-state index is 12.1. The molecule has 1 amide bonds. The van der Waals surface area contributed by atoms with Crippen LogP contribution in [0.3, 0.4) is 0 Å². The number of hydrogen-bond donors (Lipinski definition) is 3. The molecule has 0 radical (unpaired) electrons. The summed E-state index contributed by atoms with van der Waals surface area (Å²) in [5.41, 5.74) is -1.12. The van der Waals surface area contributed by atoms with E-state index in [4.69, 9.17) is 0 Å². The van der Waals surface area contributed by atoms with Gasteiger partial charge in [-0.1, -0.05) is 20.8 Å². The van der Waals surface area contributed by atoms with Gasteiger partial charge in [-0.2, -0.15) is 0 Å². The Balaban J connectivity index is 2.74. The third kappa shape index (κ3) is 2.77. The molecule has 0 aromatic carbocycles. The monoisotopic (exact) mass is 242 g/mol. The van der Waals surface area contributed by atoms with Crippen molar-refractivity contribution in [1.29, 1.82) is 0 Å². The van der Waals surface area contributed by atoms with Gasteiger partial charge in [-0.3, -0.25) is 4.79 Å². The molecule has 0 aromatic heterocycles. The van der Waals surface area contributed by atoms with Gasteiger partial charge in [0.05, 0.1) is 6.04 Å². The number of aliphatic carboxylic acids is 1. The van der Waals surface area contributed by atoms with Crippen LogP contribution in [0.15, 0.2) is 0 Å². The van der Waals surface area contributed by atoms with E-state index in [9.17, 15) is 14.7 Å². The summed E-state index contributed by atoms with van der Waals surface area (Å²) in [6, 6.07) is -0.258. The lowest BCUT2D eigenvalue weighted by molar-refractivity contribution is -0.148. The standard InChI is InChI=1S/C12H22N2O3/c1-4-12(5-2,11(16)17)14-10(15)9-8(3)6-7-13-9/h8-9,13H,4-7H2,1-3H3,(H,14,15)(H,16,17). The van der Waals surface area contributed by atoms with Crippen molar-refractivity contribution in [2.24, 2.45) is 5.92 Å². The van der Waals surface area contributed by atoms with E-state index in [1.165, 1.54) is 0 Å². The van der Waals surface area contributed by atoms with Crippen LogP contribution in [0.1, 0.15) is 40.0 Å². The minimum Gasteiger partial charge on any atom is -0.480 e. The van der Waals surface area contributed by atoms with Gasteiger partial charge in [-0.25, -0.2) is 4.79 Å². The molecule has 5 heteroatoms. The molecule has 1 aliphatic rings. The van der Waals surface area contributed by atoms with Crippen LogP contribution in [-0.4, -0.2) is 35.1 Å². The summed E-state index contributed by atoms with van der Waals surface area (Å²) in [5.74, 6) is -0.891. The SMILES string of the molecule is CCC(CC)(NC(=O)C1NCCC1C)C(=O)O. The summed E-state index contributed by atoms with van der Waals surface area (Å²) in [5, 5.41) is 15.1. The quantitative estimate of drug-likeness (QED) is 0.664. The lowest BCUT2D eigenvalue weighted by Crippen LogP contribution is -2.58. The topological polar surface area (TPSA) is 78.4 Å². The van der Waals surface area contributed by atoms with Crippen LogP contribution in [0.4, 0.5) is 0 Å². The van der Waals surface area contributed by atoms with Gasteiger partial charge >= 0.3 is 5.97 Å². The summed E-state index contributed by atoms with van der Waals surface area (Å²) in [6.07, 6.45) is 1.74. The van der Waals surface area contributed by atoms with Gasteiger partial charge in [0, 0.05) is 0 Å². The Kier molecular flexibility index (Phi) is 4.51. The highest BCUT2D eigenvalue weighted by molar-refractivity contribution is 5.89. The fourth-order valence-electron chi connectivity index (χ4n) is 2.28. The third-order valence-corrected chi connectivity index (χ3v) is 3.79. The number of carboxylic acids is 1. The lowest BCUT2D eigenvalue weighted by Gasteiger charge is -2.30. The fraction of sp³-hybridized carbons (Fsp3) is 0.833. The Morgan fingerprint density at radius 1 is 1.41 bits per heavy atom. The molecule has 0 aromatic rings. The van der Waals surface area contributed by atoms with E-state index < -0.39 is 11.5 Å². The molecule has 0 spiro atoms. The average molecular weight is 242 g/mol. The Hall–Kier alpha value is -1.10. The smallest absolute Gasteiger partial charge is 0.329 e. The Bertz CT molecular complexity index is 300. The Morgan fingerprint density at radius 3 is 2.35 bits per heavy atom. The first kappa shape index (κ1) is 14.0. The van der Waals surface area contributed by atoms with Crippen molar-refractivity contribution >= 4 is 11.9 Å². The number of nitrogens with one attached hydrogen (secondary N) is 2. The van der Waals surface area contributed by atoms with Crippen LogP contribution >= 0.6 is 0 Å². The first-order valence-electron chi connectivity index (χ1n) is 6.25. The van der Waals surface area contributed by atoms with Crippen molar-refractivity contribution in [2.45, 2.75) is 51.6 Å². The van der Waals surface area contributed by atoms with Crippen LogP contribution in [0.2, 0.25) is 0 Å². The number of hydrogen-bond acceptors (Lipinski definition) is 3. The molecule has 17 heavy (non-hydrogen) atoms. The van der Waals surface area contributed by atoms with E-state index in [-0.39, 0.29) is 17.9 Å². The second kappa shape index (κ2) is 5.49. The largest absolute Gasteiger partial charge is 0.480 e. The van der Waals surface area contributed by atoms with Crippen molar-refractivity contribution in [3.05, 3.63) is 0 Å². The zero-order valence-corrected chi connectivity index (χ0v) is 10.7. The molecular weight excluding hydrogens is 220 g/mol. The van der Waals surface area contributed by atoms with Crippen LogP contribution < -0.4 is 10.6 Å². The van der Waals surface area contributed by atoms with Crippen LogP contribution in [-0.2, 0) is 9.59 Å². The van der Waals surface area contributed by atoms with E-state index in [0.717, 1.165) is 13.0 Å². The molecule has 1 saturated heterocycles. The molecule has 3 N–H and O–H groups in total. The van der Waals surface area contributed by atoms with E-state index in [1.807, 2.05) is 6.92 Å². The average Bonchev–Trinajstić information content (AvgIpc) is 2.72. The molecule has 1 rings (SSSR count). The van der Waals surface area contributed by atoms with Crippen molar-refractivity contribution in [3.8, 4) is 0 Å². The highest BCUT2D eigenvalue weighted by Crippen LogP contribution is 2.19. The predicted octanol–water partition coefficient (Wildman–Crippen LogP) is 0.744. The van der Waals surface area contributed by atoms with Crippen molar-refractivity contribution in [1.82, 2.24) is 10.6 Å². The number of rotatable bonds is 5. The molecule has 5 nitrogen and oxygen atoms in total. The second-order valence-electron chi connectivity index (χ2n) is 4.78. The van der Waals surface area contributed by atoms with Crippen molar-refractivity contribution in [3.63, 3.8) is 0 Å². The summed E-state index contributed by atoms with van der Waals surface area (Å²) in [6.45, 7) is 6.38. The molecule has 2 unspecified atom stereocenters. The Morgan fingerprint density at radius 2 is 2.00 bits per heavy atom. The molecule has 0 bridgehead atoms. The molecule has 0 saturated carbocycles. The van der Waals surface area contributed by atoms with E-state index in [0.29, 0.717) is 12.8 Å². The van der Waals surface area contributed by atoms with Crippen molar-refractivity contribution in [2.75, 3.05) is 6.54 Å². The molecule has 1 heterocycles. The fourth-order valence-corrected chi connectivity index (χ4v) is 2.28. The minimum absolute atomic E-state index is 0.193. The van der Waals surface area contributed by atoms with Gasteiger partial charge in [0.2, 0.25) is 5.91 Å². The highest BCUT2D eigenvalue weighted by Gasteiger charge is 2.39. The Labute approximate surface area is 102 Å². The highest BCUT2D eigenvalue weighted by atomic mass is 16.4. The van der Waals surface area contributed by atoms with Gasteiger partial charge in [0.1, 0.15) is 5.54 Å². The van der Waals surface area contributed by atoms with Gasteiger partial charge in [-0.15, -0.1) is 0 Å². The maximum atomic E-state index is 12.1. The van der Waals surface area contributed by atoms with Gasteiger partial charge in [-0.05, 0) is 31.7 Å². The summed E-state index contributed by atoms with van der Waals surface area (Å²) in [4.78, 5) is 23.3. The van der Waals surface area contributed by atoms with Gasteiger partial charge in [0.25, 0.3) is 0 Å². The summed E-state index contributed by atoms with van der Waals surface area (Å²) < 4.78 is 0. The molecule has 1 fully saturated rings. The van der Waals surface area contributed by atoms with Crippen LogP contribution in [0.5, 0.6) is 0 Å². The van der Waals surface area contributed by atoms with E-state index in [1.54, 1.807) is 13.8 Å². The third-order valence-electron chi connectivity index (χ3n) is 3.79. The maximum Gasteiger partial charge on any atom is 0.329 e. The second-order valence-corrected chi connectivity index (χ2v) is 4.78.